The van der Waals surface area contributed by atoms with E-state index in [1.807, 2.05) is 0 Å². The smallest absolute Gasteiger partial charge is 0.411 e. The number of ether oxygens (including phenoxy) is 1. The maximum absolute atomic E-state index is 12.3. The molecular weight excluding hydrogens is 260 g/mol. The van der Waals surface area contributed by atoms with Crippen LogP contribution in [0.2, 0.25) is 0 Å². The number of carbonyl (C=O) groups excluding carboxylic acids is 1. The van der Waals surface area contributed by atoms with Crippen LogP contribution in [0.25, 0.3) is 0 Å². The Morgan fingerprint density at radius 1 is 1.35 bits per heavy atom. The molecule has 0 aromatic carbocycles. The topological polar surface area (TPSA) is 70.1 Å². The minimum atomic E-state index is -1.22. The van der Waals surface area contributed by atoms with Crippen LogP contribution in [0.1, 0.15) is 40.5 Å². The molecule has 0 aromatic heterocycles. The first-order valence-corrected chi connectivity index (χ1v) is 7.11. The molecule has 2 rings (SSSR count). The molecule has 6 heteroatoms. The third kappa shape index (κ3) is 2.75. The van der Waals surface area contributed by atoms with Gasteiger partial charge >= 0.3 is 12.1 Å². The first kappa shape index (κ1) is 15.1. The standard InChI is InChI=1S/C14H24N2O4/c1-13(2,3)20-12(19)16-8-10-6-5-7-15(10)9-14(16,4)11(17)18/h10H,5-9H2,1-4H3,(H,17,18)/t10-,14-/m0/s1. The molecule has 2 heterocycles. The average molecular weight is 284 g/mol. The van der Waals surface area contributed by atoms with Crippen LogP contribution >= 0.6 is 0 Å². The zero-order valence-electron chi connectivity index (χ0n) is 12.7. The first-order valence-electron chi connectivity index (χ1n) is 7.11. The normalized spacial score (nSPS) is 31.0. The molecule has 0 saturated carbocycles. The predicted molar refractivity (Wildman–Crippen MR) is 73.6 cm³/mol. The van der Waals surface area contributed by atoms with Crippen LogP contribution in [0.4, 0.5) is 4.79 Å². The second-order valence-electron chi connectivity index (χ2n) is 6.94. The Hall–Kier alpha value is -1.30. The van der Waals surface area contributed by atoms with Gasteiger partial charge in [-0.2, -0.15) is 0 Å². The second-order valence-corrected chi connectivity index (χ2v) is 6.94. The summed E-state index contributed by atoms with van der Waals surface area (Å²) in [5.41, 5.74) is -1.84. The number of carboxylic acid groups (broad SMARTS) is 1. The number of hydrogen-bond donors (Lipinski definition) is 1. The van der Waals surface area contributed by atoms with Gasteiger partial charge in [0.15, 0.2) is 5.54 Å². The molecular formula is C14H24N2O4. The summed E-state index contributed by atoms with van der Waals surface area (Å²) in [6.45, 7) is 8.67. The summed E-state index contributed by atoms with van der Waals surface area (Å²) in [6.07, 6.45) is 1.53. The van der Waals surface area contributed by atoms with Crippen LogP contribution in [0.3, 0.4) is 0 Å². The van der Waals surface area contributed by atoms with Crippen molar-refractivity contribution in [3.63, 3.8) is 0 Å². The number of rotatable bonds is 1. The highest BCUT2D eigenvalue weighted by molar-refractivity contribution is 5.84. The zero-order chi connectivity index (χ0) is 15.1. The largest absolute Gasteiger partial charge is 0.479 e. The highest BCUT2D eigenvalue weighted by Crippen LogP contribution is 2.32. The highest BCUT2D eigenvalue weighted by Gasteiger charge is 2.51. The Kier molecular flexibility index (Phi) is 3.71. The van der Waals surface area contributed by atoms with E-state index in [0.717, 1.165) is 19.4 Å². The van der Waals surface area contributed by atoms with E-state index >= 15 is 0 Å². The summed E-state index contributed by atoms with van der Waals surface area (Å²) in [5.74, 6) is -0.978. The van der Waals surface area contributed by atoms with E-state index in [1.54, 1.807) is 27.7 Å². The number of carboxylic acids is 1. The summed E-state index contributed by atoms with van der Waals surface area (Å²) in [5, 5.41) is 9.56. The van der Waals surface area contributed by atoms with E-state index in [-0.39, 0.29) is 6.04 Å². The molecule has 1 amide bonds. The van der Waals surface area contributed by atoms with Crippen LogP contribution in [0, 0.1) is 0 Å². The van der Waals surface area contributed by atoms with Crippen LogP contribution in [-0.2, 0) is 9.53 Å². The fourth-order valence-corrected chi connectivity index (χ4v) is 2.98. The molecule has 114 valence electrons. The lowest BCUT2D eigenvalue weighted by Crippen LogP contribution is -2.68. The van der Waals surface area contributed by atoms with Crippen molar-refractivity contribution in [2.75, 3.05) is 19.6 Å². The molecule has 0 unspecified atom stereocenters. The number of amides is 1. The maximum Gasteiger partial charge on any atom is 0.411 e. The average Bonchev–Trinajstić information content (AvgIpc) is 2.71. The van der Waals surface area contributed by atoms with Gasteiger partial charge in [0.1, 0.15) is 5.60 Å². The van der Waals surface area contributed by atoms with E-state index in [0.29, 0.717) is 13.1 Å². The van der Waals surface area contributed by atoms with Gasteiger partial charge in [-0.25, -0.2) is 9.59 Å². The summed E-state index contributed by atoms with van der Waals surface area (Å²) >= 11 is 0. The summed E-state index contributed by atoms with van der Waals surface area (Å²) in [7, 11) is 0. The van der Waals surface area contributed by atoms with Crippen molar-refractivity contribution in [1.29, 1.82) is 0 Å². The van der Waals surface area contributed by atoms with E-state index in [4.69, 9.17) is 4.74 Å². The van der Waals surface area contributed by atoms with Crippen molar-refractivity contribution in [2.24, 2.45) is 0 Å². The fraction of sp³-hybridized carbons (Fsp3) is 0.857. The van der Waals surface area contributed by atoms with Gasteiger partial charge in [0.25, 0.3) is 0 Å². The van der Waals surface area contributed by atoms with Crippen molar-refractivity contribution in [2.45, 2.75) is 57.7 Å². The Morgan fingerprint density at radius 2 is 2.00 bits per heavy atom. The summed E-state index contributed by atoms with van der Waals surface area (Å²) < 4.78 is 5.38. The molecule has 2 aliphatic heterocycles. The minimum Gasteiger partial charge on any atom is -0.479 e. The Bertz CT molecular complexity index is 418. The highest BCUT2D eigenvalue weighted by atomic mass is 16.6. The molecule has 0 aliphatic carbocycles. The molecule has 6 nitrogen and oxygen atoms in total. The van der Waals surface area contributed by atoms with E-state index in [9.17, 15) is 14.7 Å². The van der Waals surface area contributed by atoms with Gasteiger partial charge in [0.2, 0.25) is 0 Å². The quantitative estimate of drug-likeness (QED) is 0.791. The van der Waals surface area contributed by atoms with Crippen LogP contribution < -0.4 is 0 Å². The first-order chi connectivity index (χ1) is 9.13. The van der Waals surface area contributed by atoms with Crippen LogP contribution in [0.15, 0.2) is 0 Å². The monoisotopic (exact) mass is 284 g/mol. The predicted octanol–water partition coefficient (Wildman–Crippen LogP) is 1.54. The molecule has 2 saturated heterocycles. The van der Waals surface area contributed by atoms with Gasteiger partial charge in [-0.1, -0.05) is 0 Å². The summed E-state index contributed by atoms with van der Waals surface area (Å²) in [4.78, 5) is 27.6. The third-order valence-electron chi connectivity index (χ3n) is 4.07. The number of hydrogen-bond acceptors (Lipinski definition) is 4. The Labute approximate surface area is 119 Å². The van der Waals surface area contributed by atoms with Gasteiger partial charge in [0.05, 0.1) is 0 Å². The van der Waals surface area contributed by atoms with Crippen molar-refractivity contribution in [3.8, 4) is 0 Å². The van der Waals surface area contributed by atoms with Crippen molar-refractivity contribution >= 4 is 12.1 Å². The van der Waals surface area contributed by atoms with Gasteiger partial charge in [0, 0.05) is 19.1 Å². The van der Waals surface area contributed by atoms with Gasteiger partial charge < -0.3 is 9.84 Å². The summed E-state index contributed by atoms with van der Waals surface area (Å²) in [6, 6.07) is 0.259. The van der Waals surface area contributed by atoms with Crippen molar-refractivity contribution in [1.82, 2.24) is 9.80 Å². The lowest BCUT2D eigenvalue weighted by Gasteiger charge is -2.47. The molecule has 0 radical (unpaired) electrons. The second kappa shape index (κ2) is 4.91. The van der Waals surface area contributed by atoms with E-state index < -0.39 is 23.2 Å². The number of piperazine rings is 1. The van der Waals surface area contributed by atoms with E-state index in [1.165, 1.54) is 4.90 Å². The third-order valence-corrected chi connectivity index (χ3v) is 4.07. The Morgan fingerprint density at radius 3 is 2.55 bits per heavy atom. The lowest BCUT2D eigenvalue weighted by atomic mass is 9.94. The fourth-order valence-electron chi connectivity index (χ4n) is 2.98. The van der Waals surface area contributed by atoms with Gasteiger partial charge in [-0.15, -0.1) is 0 Å². The zero-order valence-corrected chi connectivity index (χ0v) is 12.7. The van der Waals surface area contributed by atoms with Gasteiger partial charge in [-0.3, -0.25) is 9.80 Å². The molecule has 20 heavy (non-hydrogen) atoms. The SMILES string of the molecule is CC(C)(C)OC(=O)N1C[C@@H]2CCCN2C[C@@]1(C)C(=O)O. The minimum absolute atomic E-state index is 0.259. The number of fused-ring (bicyclic) bond motifs is 1. The lowest BCUT2D eigenvalue weighted by molar-refractivity contribution is -0.155. The molecule has 2 fully saturated rings. The molecule has 2 atom stereocenters. The Balaban J connectivity index is 2.22. The van der Waals surface area contributed by atoms with Crippen molar-refractivity contribution in [3.05, 3.63) is 0 Å². The molecule has 0 bridgehead atoms. The number of nitrogens with zero attached hydrogens (tertiary/aromatic N) is 2. The van der Waals surface area contributed by atoms with Crippen molar-refractivity contribution < 1.29 is 19.4 Å². The molecule has 1 N–H and O–H groups in total. The van der Waals surface area contributed by atoms with Crippen LogP contribution in [-0.4, -0.2) is 63.8 Å². The maximum atomic E-state index is 12.3. The number of carbonyl (C=O) groups is 2. The van der Waals surface area contributed by atoms with E-state index in [2.05, 4.69) is 4.90 Å². The number of aliphatic carboxylic acids is 1. The van der Waals surface area contributed by atoms with Crippen LogP contribution in [0.5, 0.6) is 0 Å². The molecule has 2 aliphatic rings. The molecule has 0 aromatic rings. The van der Waals surface area contributed by atoms with Gasteiger partial charge in [-0.05, 0) is 47.1 Å². The molecule has 0 spiro atoms.